The lowest BCUT2D eigenvalue weighted by Crippen LogP contribution is -2.29. The highest BCUT2D eigenvalue weighted by molar-refractivity contribution is 5.27. The van der Waals surface area contributed by atoms with Gasteiger partial charge in [0.15, 0.2) is 0 Å². The third-order valence-corrected chi connectivity index (χ3v) is 3.79. The zero-order valence-corrected chi connectivity index (χ0v) is 11.3. The van der Waals surface area contributed by atoms with Crippen molar-refractivity contribution in [2.45, 2.75) is 38.3 Å². The van der Waals surface area contributed by atoms with Crippen LogP contribution in [0.25, 0.3) is 0 Å². The minimum atomic E-state index is 0.732. The van der Waals surface area contributed by atoms with E-state index in [-0.39, 0.29) is 0 Å². The predicted molar refractivity (Wildman–Crippen MR) is 74.7 cm³/mol. The van der Waals surface area contributed by atoms with E-state index in [2.05, 4.69) is 17.0 Å². The van der Waals surface area contributed by atoms with E-state index in [1.807, 2.05) is 12.1 Å². The molecule has 1 aromatic rings. The molecule has 1 fully saturated rings. The lowest BCUT2D eigenvalue weighted by molar-refractivity contribution is 0.232. The number of nitrogens with zero attached hydrogens (tertiary/aromatic N) is 1. The minimum Gasteiger partial charge on any atom is -0.497 e. The first-order valence-corrected chi connectivity index (χ1v) is 6.90. The Morgan fingerprint density at radius 2 is 2.11 bits per heavy atom. The number of likely N-dealkylation sites (tertiary alicyclic amines) is 1. The molecular formula is C15H24N2O. The highest BCUT2D eigenvalue weighted by Crippen LogP contribution is 2.24. The number of ether oxygens (including phenoxy) is 1. The first-order chi connectivity index (χ1) is 8.83. The van der Waals surface area contributed by atoms with Gasteiger partial charge in [0.05, 0.1) is 7.11 Å². The third-order valence-electron chi connectivity index (χ3n) is 3.79. The molecule has 0 amide bonds. The molecule has 1 aliphatic heterocycles. The SMILES string of the molecule is COc1ccc(CN2CCCC2CCCN)cc1. The molecule has 2 rings (SSSR count). The molecule has 0 bridgehead atoms. The zero-order chi connectivity index (χ0) is 12.8. The molecule has 0 aromatic heterocycles. The number of hydrogen-bond donors (Lipinski definition) is 1. The van der Waals surface area contributed by atoms with Gasteiger partial charge in [-0.3, -0.25) is 4.90 Å². The summed E-state index contributed by atoms with van der Waals surface area (Å²) in [5, 5.41) is 0. The quantitative estimate of drug-likeness (QED) is 0.840. The Morgan fingerprint density at radius 1 is 1.33 bits per heavy atom. The second-order valence-electron chi connectivity index (χ2n) is 5.05. The summed E-state index contributed by atoms with van der Waals surface area (Å²) < 4.78 is 5.19. The maximum atomic E-state index is 5.60. The van der Waals surface area contributed by atoms with Crippen molar-refractivity contribution in [3.63, 3.8) is 0 Å². The van der Waals surface area contributed by atoms with Crippen LogP contribution in [0.5, 0.6) is 5.75 Å². The van der Waals surface area contributed by atoms with E-state index in [0.29, 0.717) is 0 Å². The van der Waals surface area contributed by atoms with Crippen LogP contribution in [-0.2, 0) is 6.54 Å². The molecule has 1 aromatic carbocycles. The van der Waals surface area contributed by atoms with Crippen LogP contribution in [0.4, 0.5) is 0 Å². The van der Waals surface area contributed by atoms with Crippen LogP contribution in [0, 0.1) is 0 Å². The van der Waals surface area contributed by atoms with Crippen molar-refractivity contribution < 1.29 is 4.74 Å². The number of methoxy groups -OCH3 is 1. The van der Waals surface area contributed by atoms with Gasteiger partial charge < -0.3 is 10.5 Å². The van der Waals surface area contributed by atoms with Gasteiger partial charge in [0.25, 0.3) is 0 Å². The Balaban J connectivity index is 1.90. The van der Waals surface area contributed by atoms with Gasteiger partial charge in [-0.05, 0) is 56.5 Å². The smallest absolute Gasteiger partial charge is 0.118 e. The summed E-state index contributed by atoms with van der Waals surface area (Å²) in [6, 6.07) is 9.14. The molecule has 1 saturated heterocycles. The summed E-state index contributed by atoms with van der Waals surface area (Å²) in [6.45, 7) is 3.09. The number of nitrogens with two attached hydrogens (primary N) is 1. The zero-order valence-electron chi connectivity index (χ0n) is 11.3. The van der Waals surface area contributed by atoms with E-state index in [9.17, 15) is 0 Å². The average Bonchev–Trinajstić information content (AvgIpc) is 2.84. The van der Waals surface area contributed by atoms with Gasteiger partial charge in [0, 0.05) is 12.6 Å². The molecular weight excluding hydrogens is 224 g/mol. The van der Waals surface area contributed by atoms with Crippen LogP contribution in [0.1, 0.15) is 31.2 Å². The Morgan fingerprint density at radius 3 is 2.78 bits per heavy atom. The first kappa shape index (κ1) is 13.4. The maximum absolute atomic E-state index is 5.60. The van der Waals surface area contributed by atoms with Crippen molar-refractivity contribution in [3.05, 3.63) is 29.8 Å². The molecule has 3 heteroatoms. The predicted octanol–water partition coefficient (Wildman–Crippen LogP) is 2.40. The first-order valence-electron chi connectivity index (χ1n) is 6.90. The molecule has 2 N–H and O–H groups in total. The highest BCUT2D eigenvalue weighted by Gasteiger charge is 2.23. The molecule has 1 unspecified atom stereocenters. The average molecular weight is 248 g/mol. The van der Waals surface area contributed by atoms with Gasteiger partial charge in [-0.1, -0.05) is 12.1 Å². The fourth-order valence-electron chi connectivity index (χ4n) is 2.75. The van der Waals surface area contributed by atoms with E-state index < -0.39 is 0 Å². The topological polar surface area (TPSA) is 38.5 Å². The van der Waals surface area contributed by atoms with Crippen molar-refractivity contribution in [2.24, 2.45) is 5.73 Å². The number of benzene rings is 1. The van der Waals surface area contributed by atoms with Crippen molar-refractivity contribution in [1.29, 1.82) is 0 Å². The summed E-state index contributed by atoms with van der Waals surface area (Å²) in [5.74, 6) is 0.930. The van der Waals surface area contributed by atoms with E-state index in [4.69, 9.17) is 10.5 Å². The van der Waals surface area contributed by atoms with Gasteiger partial charge in [0.1, 0.15) is 5.75 Å². The molecule has 0 saturated carbocycles. The van der Waals surface area contributed by atoms with E-state index in [1.54, 1.807) is 7.11 Å². The lowest BCUT2D eigenvalue weighted by Gasteiger charge is -2.24. The fourth-order valence-corrected chi connectivity index (χ4v) is 2.75. The van der Waals surface area contributed by atoms with Crippen LogP contribution >= 0.6 is 0 Å². The van der Waals surface area contributed by atoms with Crippen LogP contribution in [0.15, 0.2) is 24.3 Å². The van der Waals surface area contributed by atoms with Gasteiger partial charge in [-0.2, -0.15) is 0 Å². The molecule has 1 aliphatic rings. The molecule has 0 radical (unpaired) electrons. The summed E-state index contributed by atoms with van der Waals surface area (Å²) in [6.07, 6.45) is 5.04. The number of hydrogen-bond acceptors (Lipinski definition) is 3. The van der Waals surface area contributed by atoms with Gasteiger partial charge in [0.2, 0.25) is 0 Å². The van der Waals surface area contributed by atoms with Crippen molar-refractivity contribution >= 4 is 0 Å². The fraction of sp³-hybridized carbons (Fsp3) is 0.600. The molecule has 1 heterocycles. The minimum absolute atomic E-state index is 0.732. The van der Waals surface area contributed by atoms with Gasteiger partial charge >= 0.3 is 0 Å². The molecule has 3 nitrogen and oxygen atoms in total. The highest BCUT2D eigenvalue weighted by atomic mass is 16.5. The standard InChI is InChI=1S/C15H24N2O/c1-18-15-8-6-13(7-9-15)12-17-11-3-5-14(17)4-2-10-16/h6-9,14H,2-5,10-12,16H2,1H3. The van der Waals surface area contributed by atoms with Gasteiger partial charge in [-0.25, -0.2) is 0 Å². The van der Waals surface area contributed by atoms with Gasteiger partial charge in [-0.15, -0.1) is 0 Å². The lowest BCUT2D eigenvalue weighted by atomic mass is 10.1. The second-order valence-corrected chi connectivity index (χ2v) is 5.05. The molecule has 1 atom stereocenters. The van der Waals surface area contributed by atoms with E-state index in [0.717, 1.165) is 31.3 Å². The number of rotatable bonds is 6. The second kappa shape index (κ2) is 6.76. The molecule has 0 spiro atoms. The molecule has 100 valence electrons. The third kappa shape index (κ3) is 3.47. The Labute approximate surface area is 110 Å². The Bertz CT molecular complexity index is 350. The largest absolute Gasteiger partial charge is 0.497 e. The molecule has 0 aliphatic carbocycles. The van der Waals surface area contributed by atoms with Crippen molar-refractivity contribution in [1.82, 2.24) is 4.90 Å². The summed E-state index contributed by atoms with van der Waals surface area (Å²) in [5.41, 5.74) is 6.97. The van der Waals surface area contributed by atoms with Crippen molar-refractivity contribution in [3.8, 4) is 5.75 Å². The van der Waals surface area contributed by atoms with E-state index in [1.165, 1.54) is 31.4 Å². The summed E-state index contributed by atoms with van der Waals surface area (Å²) in [7, 11) is 1.71. The van der Waals surface area contributed by atoms with Crippen molar-refractivity contribution in [2.75, 3.05) is 20.2 Å². The van der Waals surface area contributed by atoms with E-state index >= 15 is 0 Å². The Kier molecular flexibility index (Phi) is 5.02. The summed E-state index contributed by atoms with van der Waals surface area (Å²) >= 11 is 0. The van der Waals surface area contributed by atoms with Crippen LogP contribution in [0.3, 0.4) is 0 Å². The van der Waals surface area contributed by atoms with Crippen LogP contribution in [-0.4, -0.2) is 31.1 Å². The Hall–Kier alpha value is -1.06. The normalized spacial score (nSPS) is 20.2. The monoisotopic (exact) mass is 248 g/mol. The molecule has 18 heavy (non-hydrogen) atoms. The van der Waals surface area contributed by atoms with Crippen LogP contribution in [0.2, 0.25) is 0 Å². The van der Waals surface area contributed by atoms with Crippen LogP contribution < -0.4 is 10.5 Å². The summed E-state index contributed by atoms with van der Waals surface area (Å²) in [4.78, 5) is 2.59. The maximum Gasteiger partial charge on any atom is 0.118 e.